The highest BCUT2D eigenvalue weighted by molar-refractivity contribution is 7.99. The first-order valence-corrected chi connectivity index (χ1v) is 12.5. The van der Waals surface area contributed by atoms with Crippen LogP contribution in [0.3, 0.4) is 0 Å². The summed E-state index contributed by atoms with van der Waals surface area (Å²) in [5.74, 6) is 0.266. The SMILES string of the molecule is CCCCNC(=O)C(CC)N(Cc1ccc(F)cc1)C(=O)CCCSc1ccc(Cl)cc1. The van der Waals surface area contributed by atoms with Gasteiger partial charge in [0.05, 0.1) is 0 Å². The van der Waals surface area contributed by atoms with Gasteiger partial charge in [-0.3, -0.25) is 9.59 Å². The van der Waals surface area contributed by atoms with Gasteiger partial charge in [-0.05, 0) is 67.0 Å². The number of nitrogens with zero attached hydrogens (tertiary/aromatic N) is 1. The molecule has 7 heteroatoms. The van der Waals surface area contributed by atoms with Crippen LogP contribution in [-0.4, -0.2) is 35.1 Å². The highest BCUT2D eigenvalue weighted by atomic mass is 35.5. The molecule has 0 saturated carbocycles. The molecule has 2 aromatic carbocycles. The van der Waals surface area contributed by atoms with Gasteiger partial charge in [0.1, 0.15) is 11.9 Å². The van der Waals surface area contributed by atoms with E-state index in [1.807, 2.05) is 31.2 Å². The van der Waals surface area contributed by atoms with Crippen molar-refractivity contribution in [2.45, 2.75) is 63.4 Å². The Hall–Kier alpha value is -2.05. The van der Waals surface area contributed by atoms with Crippen molar-refractivity contribution in [2.75, 3.05) is 12.3 Å². The van der Waals surface area contributed by atoms with Crippen LogP contribution in [0.1, 0.15) is 51.5 Å². The van der Waals surface area contributed by atoms with Gasteiger partial charge in [0.15, 0.2) is 0 Å². The number of unbranched alkanes of at least 4 members (excludes halogenated alkanes) is 1. The molecule has 2 amide bonds. The van der Waals surface area contributed by atoms with Gasteiger partial charge < -0.3 is 10.2 Å². The Morgan fingerprint density at radius 2 is 1.75 bits per heavy atom. The van der Waals surface area contributed by atoms with Crippen LogP contribution in [0, 0.1) is 5.82 Å². The number of hydrogen-bond acceptors (Lipinski definition) is 3. The standard InChI is InChI=1S/C25H32ClFN2O2S/c1-3-5-16-28-25(31)23(4-2)29(18-19-8-12-21(27)13-9-19)24(30)7-6-17-32-22-14-10-20(26)11-15-22/h8-15,23H,3-7,16-18H2,1-2H3,(H,28,31). The number of carbonyl (C=O) groups excluding carboxylic acids is 2. The van der Waals surface area contributed by atoms with Crippen molar-refractivity contribution in [2.24, 2.45) is 0 Å². The maximum absolute atomic E-state index is 13.3. The fraction of sp³-hybridized carbons (Fsp3) is 0.440. The number of hydrogen-bond donors (Lipinski definition) is 1. The lowest BCUT2D eigenvalue weighted by Gasteiger charge is -2.30. The molecule has 0 aliphatic heterocycles. The van der Waals surface area contributed by atoms with Crippen LogP contribution in [0.4, 0.5) is 4.39 Å². The predicted molar refractivity (Wildman–Crippen MR) is 130 cm³/mol. The average Bonchev–Trinajstić information content (AvgIpc) is 2.79. The van der Waals surface area contributed by atoms with E-state index in [4.69, 9.17) is 11.6 Å². The maximum atomic E-state index is 13.3. The van der Waals surface area contributed by atoms with E-state index >= 15 is 0 Å². The van der Waals surface area contributed by atoms with Crippen LogP contribution in [0.5, 0.6) is 0 Å². The summed E-state index contributed by atoms with van der Waals surface area (Å²) in [6, 6.07) is 13.2. The van der Waals surface area contributed by atoms with Gasteiger partial charge >= 0.3 is 0 Å². The zero-order valence-electron chi connectivity index (χ0n) is 18.8. The van der Waals surface area contributed by atoms with Gasteiger partial charge in [-0.2, -0.15) is 0 Å². The minimum absolute atomic E-state index is 0.0662. The highest BCUT2D eigenvalue weighted by Gasteiger charge is 2.28. The van der Waals surface area contributed by atoms with Gasteiger partial charge in [-0.25, -0.2) is 4.39 Å². The van der Waals surface area contributed by atoms with E-state index in [-0.39, 0.29) is 24.2 Å². The van der Waals surface area contributed by atoms with Crippen molar-refractivity contribution < 1.29 is 14.0 Å². The normalized spacial score (nSPS) is 11.8. The molecule has 2 aromatic rings. The first kappa shape index (κ1) is 26.2. The molecule has 0 radical (unpaired) electrons. The first-order chi connectivity index (χ1) is 15.4. The summed E-state index contributed by atoms with van der Waals surface area (Å²) in [6.07, 6.45) is 3.45. The van der Waals surface area contributed by atoms with Crippen LogP contribution < -0.4 is 5.32 Å². The molecule has 0 spiro atoms. The molecule has 1 N–H and O–H groups in total. The molecule has 0 heterocycles. The number of nitrogens with one attached hydrogen (secondary N) is 1. The van der Waals surface area contributed by atoms with Crippen LogP contribution in [0.15, 0.2) is 53.4 Å². The van der Waals surface area contributed by atoms with Crippen molar-refractivity contribution in [1.82, 2.24) is 10.2 Å². The summed E-state index contributed by atoms with van der Waals surface area (Å²) >= 11 is 7.59. The molecule has 174 valence electrons. The lowest BCUT2D eigenvalue weighted by atomic mass is 10.1. The second-order valence-electron chi connectivity index (χ2n) is 7.62. The number of benzene rings is 2. The lowest BCUT2D eigenvalue weighted by molar-refractivity contribution is -0.141. The third-order valence-corrected chi connectivity index (χ3v) is 6.45. The van der Waals surface area contributed by atoms with Crippen molar-refractivity contribution in [3.63, 3.8) is 0 Å². The minimum atomic E-state index is -0.548. The van der Waals surface area contributed by atoms with Gasteiger partial charge in [0, 0.05) is 29.4 Å². The van der Waals surface area contributed by atoms with E-state index in [1.54, 1.807) is 28.8 Å². The summed E-state index contributed by atoms with van der Waals surface area (Å²) < 4.78 is 13.3. The van der Waals surface area contributed by atoms with E-state index in [1.165, 1.54) is 12.1 Å². The Morgan fingerprint density at radius 1 is 1.06 bits per heavy atom. The Bertz CT molecular complexity index is 846. The predicted octanol–water partition coefficient (Wildman–Crippen LogP) is 6.08. The third kappa shape index (κ3) is 8.83. The topological polar surface area (TPSA) is 49.4 Å². The van der Waals surface area contributed by atoms with Gasteiger partial charge in [0.25, 0.3) is 0 Å². The summed E-state index contributed by atoms with van der Waals surface area (Å²) in [5.41, 5.74) is 0.801. The summed E-state index contributed by atoms with van der Waals surface area (Å²) in [7, 11) is 0. The van der Waals surface area contributed by atoms with Crippen LogP contribution >= 0.6 is 23.4 Å². The van der Waals surface area contributed by atoms with Crippen LogP contribution in [-0.2, 0) is 16.1 Å². The average molecular weight is 479 g/mol. The summed E-state index contributed by atoms with van der Waals surface area (Å²) in [6.45, 7) is 4.85. The second-order valence-corrected chi connectivity index (χ2v) is 9.23. The summed E-state index contributed by atoms with van der Waals surface area (Å²) in [4.78, 5) is 28.7. The lowest BCUT2D eigenvalue weighted by Crippen LogP contribution is -2.49. The second kappa shape index (κ2) is 14.2. The van der Waals surface area contributed by atoms with Crippen LogP contribution in [0.2, 0.25) is 5.02 Å². The van der Waals surface area contributed by atoms with Crippen molar-refractivity contribution in [3.8, 4) is 0 Å². The Kier molecular flexibility index (Phi) is 11.6. The first-order valence-electron chi connectivity index (χ1n) is 11.1. The van der Waals surface area contributed by atoms with Crippen molar-refractivity contribution >= 4 is 35.2 Å². The quantitative estimate of drug-likeness (QED) is 0.280. The molecule has 0 bridgehead atoms. The van der Waals surface area contributed by atoms with Gasteiger partial charge in [0.2, 0.25) is 11.8 Å². The smallest absolute Gasteiger partial charge is 0.242 e. The zero-order chi connectivity index (χ0) is 23.3. The van der Waals surface area contributed by atoms with E-state index in [2.05, 4.69) is 12.2 Å². The number of halogens is 2. The molecular weight excluding hydrogens is 447 g/mol. The number of amides is 2. The molecule has 0 saturated heterocycles. The molecule has 1 unspecified atom stereocenters. The molecule has 4 nitrogen and oxygen atoms in total. The van der Waals surface area contributed by atoms with E-state index in [0.29, 0.717) is 30.8 Å². The highest BCUT2D eigenvalue weighted by Crippen LogP contribution is 2.22. The largest absolute Gasteiger partial charge is 0.354 e. The van der Waals surface area contributed by atoms with E-state index < -0.39 is 6.04 Å². The Labute approximate surface area is 199 Å². The molecule has 0 aromatic heterocycles. The number of carbonyl (C=O) groups is 2. The van der Waals surface area contributed by atoms with Crippen molar-refractivity contribution in [3.05, 3.63) is 64.9 Å². The maximum Gasteiger partial charge on any atom is 0.242 e. The molecule has 32 heavy (non-hydrogen) atoms. The molecule has 0 aliphatic carbocycles. The molecule has 2 rings (SSSR count). The molecule has 1 atom stereocenters. The van der Waals surface area contributed by atoms with Gasteiger partial charge in [-0.15, -0.1) is 11.8 Å². The van der Waals surface area contributed by atoms with E-state index in [9.17, 15) is 14.0 Å². The van der Waals surface area contributed by atoms with Gasteiger partial charge in [-0.1, -0.05) is 44.0 Å². The Balaban J connectivity index is 2.02. The molecular formula is C25H32ClFN2O2S. The Morgan fingerprint density at radius 3 is 2.38 bits per heavy atom. The fourth-order valence-electron chi connectivity index (χ4n) is 3.30. The molecule has 0 aliphatic rings. The fourth-order valence-corrected chi connectivity index (χ4v) is 4.28. The van der Waals surface area contributed by atoms with Crippen molar-refractivity contribution in [1.29, 1.82) is 0 Å². The van der Waals surface area contributed by atoms with E-state index in [0.717, 1.165) is 29.1 Å². The zero-order valence-corrected chi connectivity index (χ0v) is 20.4. The van der Waals surface area contributed by atoms with Crippen LogP contribution in [0.25, 0.3) is 0 Å². The number of rotatable bonds is 13. The monoisotopic (exact) mass is 478 g/mol. The minimum Gasteiger partial charge on any atom is -0.354 e. The third-order valence-electron chi connectivity index (χ3n) is 5.10. The summed E-state index contributed by atoms with van der Waals surface area (Å²) in [5, 5.41) is 3.65. The number of thioether (sulfide) groups is 1. The molecule has 0 fully saturated rings.